The molecule has 0 aliphatic carbocycles. The van der Waals surface area contributed by atoms with Crippen LogP contribution in [0.4, 0.5) is 8.78 Å². The van der Waals surface area contributed by atoms with Gasteiger partial charge in [-0.1, -0.05) is 6.07 Å². The first kappa shape index (κ1) is 16.1. The molecule has 24 heavy (non-hydrogen) atoms. The molecule has 0 fully saturated rings. The number of halogens is 2. The third-order valence-electron chi connectivity index (χ3n) is 3.20. The molecule has 0 saturated carbocycles. The SMILES string of the molecule is COCCOc1cnc2c(Oc3c(F)cccc3F)ccnc2c1. The highest BCUT2D eigenvalue weighted by atomic mass is 19.1. The van der Waals surface area contributed by atoms with Crippen LogP contribution in [0, 0.1) is 11.6 Å². The first-order valence-corrected chi connectivity index (χ1v) is 7.17. The standard InChI is InChI=1S/C17H14F2N2O3/c1-22-7-8-23-11-9-14-16(21-10-11)15(5-6-20-14)24-17-12(18)3-2-4-13(17)19/h2-6,9-10H,7-8H2,1H3. The van der Waals surface area contributed by atoms with Crippen LogP contribution in [0.15, 0.2) is 42.7 Å². The van der Waals surface area contributed by atoms with E-state index in [4.69, 9.17) is 14.2 Å². The summed E-state index contributed by atoms with van der Waals surface area (Å²) in [5.74, 6) is -1.35. The van der Waals surface area contributed by atoms with Gasteiger partial charge >= 0.3 is 0 Å². The third kappa shape index (κ3) is 3.41. The predicted molar refractivity (Wildman–Crippen MR) is 83.3 cm³/mol. The van der Waals surface area contributed by atoms with Crippen LogP contribution in [0.25, 0.3) is 11.0 Å². The highest BCUT2D eigenvalue weighted by molar-refractivity contribution is 5.81. The Morgan fingerprint density at radius 3 is 2.58 bits per heavy atom. The van der Waals surface area contributed by atoms with Crippen molar-refractivity contribution < 1.29 is 23.0 Å². The minimum absolute atomic E-state index is 0.201. The van der Waals surface area contributed by atoms with Crippen LogP contribution in [0.3, 0.4) is 0 Å². The molecular weight excluding hydrogens is 318 g/mol. The Hall–Kier alpha value is -2.80. The summed E-state index contributed by atoms with van der Waals surface area (Å²) in [5.41, 5.74) is 0.860. The van der Waals surface area contributed by atoms with E-state index in [0.717, 1.165) is 12.1 Å². The van der Waals surface area contributed by atoms with E-state index < -0.39 is 17.4 Å². The summed E-state index contributed by atoms with van der Waals surface area (Å²) in [6, 6.07) is 6.67. The van der Waals surface area contributed by atoms with Crippen molar-refractivity contribution in [2.75, 3.05) is 20.3 Å². The molecule has 7 heteroatoms. The van der Waals surface area contributed by atoms with Gasteiger partial charge in [0, 0.05) is 25.4 Å². The van der Waals surface area contributed by atoms with Crippen LogP contribution in [0.1, 0.15) is 0 Å². The van der Waals surface area contributed by atoms with Crippen molar-refractivity contribution in [1.82, 2.24) is 9.97 Å². The molecule has 5 nitrogen and oxygen atoms in total. The molecule has 0 aliphatic heterocycles. The monoisotopic (exact) mass is 332 g/mol. The van der Waals surface area contributed by atoms with E-state index in [9.17, 15) is 8.78 Å². The van der Waals surface area contributed by atoms with Crippen molar-refractivity contribution >= 4 is 11.0 Å². The summed E-state index contributed by atoms with van der Waals surface area (Å²) in [6.07, 6.45) is 2.96. The number of aromatic nitrogens is 2. The average Bonchev–Trinajstić information content (AvgIpc) is 2.58. The zero-order valence-corrected chi connectivity index (χ0v) is 12.8. The van der Waals surface area contributed by atoms with Crippen LogP contribution < -0.4 is 9.47 Å². The maximum Gasteiger partial charge on any atom is 0.198 e. The van der Waals surface area contributed by atoms with Gasteiger partial charge in [-0.2, -0.15) is 0 Å². The number of methoxy groups -OCH3 is 1. The Morgan fingerprint density at radius 1 is 1.04 bits per heavy atom. The Morgan fingerprint density at radius 2 is 1.83 bits per heavy atom. The van der Waals surface area contributed by atoms with E-state index in [1.54, 1.807) is 13.2 Å². The Kier molecular flexibility index (Phi) is 4.81. The second kappa shape index (κ2) is 7.18. The Balaban J connectivity index is 1.92. The van der Waals surface area contributed by atoms with Crippen molar-refractivity contribution in [2.24, 2.45) is 0 Å². The lowest BCUT2D eigenvalue weighted by atomic mass is 10.3. The van der Waals surface area contributed by atoms with Gasteiger partial charge in [-0.15, -0.1) is 0 Å². The number of pyridine rings is 2. The summed E-state index contributed by atoms with van der Waals surface area (Å²) in [7, 11) is 1.58. The normalized spacial score (nSPS) is 10.8. The van der Waals surface area contributed by atoms with Crippen LogP contribution in [-0.4, -0.2) is 30.3 Å². The molecule has 124 valence electrons. The van der Waals surface area contributed by atoms with Gasteiger partial charge in [-0.25, -0.2) is 13.8 Å². The maximum atomic E-state index is 13.7. The second-order valence-corrected chi connectivity index (χ2v) is 4.84. The van der Waals surface area contributed by atoms with Gasteiger partial charge in [-0.05, 0) is 12.1 Å². The minimum atomic E-state index is -0.792. The van der Waals surface area contributed by atoms with Gasteiger partial charge in [0.25, 0.3) is 0 Å². The van der Waals surface area contributed by atoms with Crippen molar-refractivity contribution in [3.05, 3.63) is 54.4 Å². The fourth-order valence-corrected chi connectivity index (χ4v) is 2.08. The van der Waals surface area contributed by atoms with Gasteiger partial charge in [0.05, 0.1) is 18.3 Å². The predicted octanol–water partition coefficient (Wildman–Crippen LogP) is 3.73. The molecule has 0 atom stereocenters. The fourth-order valence-electron chi connectivity index (χ4n) is 2.08. The first-order valence-electron chi connectivity index (χ1n) is 7.17. The highest BCUT2D eigenvalue weighted by Gasteiger charge is 2.14. The van der Waals surface area contributed by atoms with E-state index in [2.05, 4.69) is 9.97 Å². The van der Waals surface area contributed by atoms with E-state index >= 15 is 0 Å². The molecule has 0 N–H and O–H groups in total. The summed E-state index contributed by atoms with van der Waals surface area (Å²) in [4.78, 5) is 8.39. The molecule has 2 aromatic heterocycles. The van der Waals surface area contributed by atoms with Crippen molar-refractivity contribution in [3.8, 4) is 17.2 Å². The molecule has 1 aromatic carbocycles. The molecule has 0 amide bonds. The van der Waals surface area contributed by atoms with E-state index in [0.29, 0.717) is 30.0 Å². The molecule has 0 aliphatic rings. The third-order valence-corrected chi connectivity index (χ3v) is 3.20. The molecule has 3 rings (SSSR count). The lowest BCUT2D eigenvalue weighted by Crippen LogP contribution is -2.04. The quantitative estimate of drug-likeness (QED) is 0.644. The molecule has 3 aromatic rings. The lowest BCUT2D eigenvalue weighted by Gasteiger charge is -2.10. The zero-order valence-electron chi connectivity index (χ0n) is 12.8. The molecule has 0 radical (unpaired) electrons. The number of benzene rings is 1. The highest BCUT2D eigenvalue weighted by Crippen LogP contribution is 2.31. The largest absolute Gasteiger partial charge is 0.489 e. The van der Waals surface area contributed by atoms with Crippen LogP contribution in [0.2, 0.25) is 0 Å². The number of ether oxygens (including phenoxy) is 3. The molecule has 0 saturated heterocycles. The van der Waals surface area contributed by atoms with Gasteiger partial charge < -0.3 is 14.2 Å². The number of hydrogen-bond acceptors (Lipinski definition) is 5. The smallest absolute Gasteiger partial charge is 0.198 e. The summed E-state index contributed by atoms with van der Waals surface area (Å²) < 4.78 is 43.2. The number of nitrogens with zero attached hydrogens (tertiary/aromatic N) is 2. The molecule has 2 heterocycles. The molecule has 0 spiro atoms. The van der Waals surface area contributed by atoms with E-state index in [1.165, 1.54) is 24.5 Å². The topological polar surface area (TPSA) is 53.5 Å². The molecular formula is C17H14F2N2O3. The van der Waals surface area contributed by atoms with Gasteiger partial charge in [-0.3, -0.25) is 4.98 Å². The summed E-state index contributed by atoms with van der Waals surface area (Å²) in [5, 5.41) is 0. The van der Waals surface area contributed by atoms with Gasteiger partial charge in [0.2, 0.25) is 0 Å². The first-order chi connectivity index (χ1) is 11.7. The molecule has 0 bridgehead atoms. The van der Waals surface area contributed by atoms with E-state index in [-0.39, 0.29) is 5.75 Å². The Labute approximate surface area is 136 Å². The maximum absolute atomic E-state index is 13.7. The van der Waals surface area contributed by atoms with E-state index in [1.807, 2.05) is 0 Å². The lowest BCUT2D eigenvalue weighted by molar-refractivity contribution is 0.146. The van der Waals surface area contributed by atoms with Crippen molar-refractivity contribution in [3.63, 3.8) is 0 Å². The van der Waals surface area contributed by atoms with Crippen LogP contribution in [0.5, 0.6) is 17.2 Å². The number of para-hydroxylation sites is 1. The van der Waals surface area contributed by atoms with Gasteiger partial charge in [0.15, 0.2) is 23.1 Å². The number of rotatable bonds is 6. The fraction of sp³-hybridized carbons (Fsp3) is 0.176. The van der Waals surface area contributed by atoms with Crippen molar-refractivity contribution in [2.45, 2.75) is 0 Å². The zero-order chi connectivity index (χ0) is 16.9. The number of hydrogen-bond donors (Lipinski definition) is 0. The summed E-state index contributed by atoms with van der Waals surface area (Å²) in [6.45, 7) is 0.821. The number of fused-ring (bicyclic) bond motifs is 1. The van der Waals surface area contributed by atoms with Crippen molar-refractivity contribution in [1.29, 1.82) is 0 Å². The van der Waals surface area contributed by atoms with Gasteiger partial charge in [0.1, 0.15) is 17.9 Å². The Bertz CT molecular complexity index is 838. The van der Waals surface area contributed by atoms with Crippen LogP contribution >= 0.6 is 0 Å². The second-order valence-electron chi connectivity index (χ2n) is 4.84. The average molecular weight is 332 g/mol. The molecule has 0 unspecified atom stereocenters. The van der Waals surface area contributed by atoms with Crippen LogP contribution in [-0.2, 0) is 4.74 Å². The summed E-state index contributed by atoms with van der Waals surface area (Å²) >= 11 is 0. The minimum Gasteiger partial charge on any atom is -0.489 e.